The number of benzene rings is 1. The van der Waals surface area contributed by atoms with Crippen LogP contribution in [0.3, 0.4) is 0 Å². The monoisotopic (exact) mass is 240 g/mol. The summed E-state index contributed by atoms with van der Waals surface area (Å²) >= 11 is 0. The molecule has 17 heavy (non-hydrogen) atoms. The molecule has 0 aromatic heterocycles. The first-order valence-corrected chi connectivity index (χ1v) is 5.23. The van der Waals surface area contributed by atoms with Gasteiger partial charge in [0.1, 0.15) is 19.2 Å². The highest BCUT2D eigenvalue weighted by Gasteiger charge is 1.97. The Balaban J connectivity index is 2.08. The molecule has 0 spiro atoms. The molecule has 6 heteroatoms. The lowest BCUT2D eigenvalue weighted by molar-refractivity contribution is 0.107. The quantitative estimate of drug-likeness (QED) is 0.399. The zero-order valence-corrected chi connectivity index (χ0v) is 9.60. The summed E-state index contributed by atoms with van der Waals surface area (Å²) in [5.41, 5.74) is 0.818. The Morgan fingerprint density at radius 3 is 2.65 bits per heavy atom. The van der Waals surface area contributed by atoms with Crippen molar-refractivity contribution in [1.29, 1.82) is 0 Å². The number of amides is 1. The molecule has 94 valence electrons. The molecule has 1 amide bonds. The molecular formula is C11H16N2O4. The van der Waals surface area contributed by atoms with E-state index < -0.39 is 6.09 Å². The van der Waals surface area contributed by atoms with Crippen molar-refractivity contribution in [3.05, 3.63) is 24.3 Å². The van der Waals surface area contributed by atoms with E-state index in [-0.39, 0.29) is 19.2 Å². The second-order valence-corrected chi connectivity index (χ2v) is 3.11. The maximum atomic E-state index is 10.9. The molecule has 0 aliphatic heterocycles. The zero-order valence-electron chi connectivity index (χ0n) is 9.60. The highest BCUT2D eigenvalue weighted by Crippen LogP contribution is 2.12. The molecule has 0 unspecified atom stereocenters. The van der Waals surface area contributed by atoms with Crippen molar-refractivity contribution in [2.75, 3.05) is 25.4 Å². The molecule has 1 aromatic rings. The fourth-order valence-corrected chi connectivity index (χ4v) is 1.06. The predicted octanol–water partition coefficient (Wildman–Crippen LogP) is 1.48. The molecule has 0 fully saturated rings. The number of carbonyl (C=O) groups excluding carboxylic acids is 1. The molecule has 0 heterocycles. The first-order valence-electron chi connectivity index (χ1n) is 5.23. The van der Waals surface area contributed by atoms with Crippen LogP contribution in [0.4, 0.5) is 10.5 Å². The predicted molar refractivity (Wildman–Crippen MR) is 62.7 cm³/mol. The number of aromatic hydroxyl groups is 1. The van der Waals surface area contributed by atoms with Gasteiger partial charge in [-0.1, -0.05) is 0 Å². The fraction of sp³-hybridized carbons (Fsp3) is 0.364. The van der Waals surface area contributed by atoms with Gasteiger partial charge in [-0.3, -0.25) is 5.32 Å². The normalized spacial score (nSPS) is 9.71. The SMILES string of the molecule is CCOC(=O)NCOCNc1ccc(O)cc1. The average molecular weight is 240 g/mol. The second kappa shape index (κ2) is 7.34. The topological polar surface area (TPSA) is 79.8 Å². The Kier molecular flexibility index (Phi) is 5.67. The number of phenolic OH excluding ortho intramolecular Hbond substituents is 1. The smallest absolute Gasteiger partial charge is 0.408 e. The van der Waals surface area contributed by atoms with E-state index in [0.29, 0.717) is 6.61 Å². The van der Waals surface area contributed by atoms with Crippen LogP contribution in [-0.4, -0.2) is 31.3 Å². The number of phenols is 1. The summed E-state index contributed by atoms with van der Waals surface area (Å²) in [5, 5.41) is 14.4. The second-order valence-electron chi connectivity index (χ2n) is 3.11. The van der Waals surface area contributed by atoms with E-state index in [2.05, 4.69) is 15.4 Å². The molecule has 3 N–H and O–H groups in total. The van der Waals surface area contributed by atoms with Gasteiger partial charge >= 0.3 is 6.09 Å². The maximum Gasteiger partial charge on any atom is 0.408 e. The summed E-state index contributed by atoms with van der Waals surface area (Å²) in [4.78, 5) is 10.9. The van der Waals surface area contributed by atoms with Crippen LogP contribution in [0, 0.1) is 0 Å². The van der Waals surface area contributed by atoms with Crippen LogP contribution in [-0.2, 0) is 9.47 Å². The van der Waals surface area contributed by atoms with Crippen molar-refractivity contribution in [3.63, 3.8) is 0 Å². The summed E-state index contributed by atoms with van der Waals surface area (Å²) in [6.45, 7) is 2.38. The van der Waals surface area contributed by atoms with Crippen LogP contribution >= 0.6 is 0 Å². The van der Waals surface area contributed by atoms with Gasteiger partial charge in [0.25, 0.3) is 0 Å². The van der Waals surface area contributed by atoms with Crippen LogP contribution < -0.4 is 10.6 Å². The minimum absolute atomic E-state index is 0.0733. The van der Waals surface area contributed by atoms with Crippen LogP contribution in [0.15, 0.2) is 24.3 Å². The van der Waals surface area contributed by atoms with Gasteiger partial charge in [-0.2, -0.15) is 0 Å². The number of anilines is 1. The first-order chi connectivity index (χ1) is 8.22. The highest BCUT2D eigenvalue weighted by molar-refractivity contribution is 5.66. The van der Waals surface area contributed by atoms with Gasteiger partial charge in [0.05, 0.1) is 6.61 Å². The summed E-state index contributed by atoms with van der Waals surface area (Å²) in [7, 11) is 0. The number of alkyl carbamates (subject to hydrolysis) is 1. The summed E-state index contributed by atoms with van der Waals surface area (Å²) in [5.74, 6) is 0.209. The van der Waals surface area contributed by atoms with Crippen LogP contribution in [0.1, 0.15) is 6.92 Å². The summed E-state index contributed by atoms with van der Waals surface area (Å²) < 4.78 is 9.74. The standard InChI is InChI=1S/C11H16N2O4/c1-2-17-11(15)13-8-16-7-12-9-3-5-10(14)6-4-9/h3-6,12,14H,2,7-8H2,1H3,(H,13,15). The Hall–Kier alpha value is -1.95. The van der Waals surface area contributed by atoms with Crippen LogP contribution in [0.25, 0.3) is 0 Å². The van der Waals surface area contributed by atoms with E-state index >= 15 is 0 Å². The largest absolute Gasteiger partial charge is 0.508 e. The molecular weight excluding hydrogens is 224 g/mol. The molecule has 0 bridgehead atoms. The van der Waals surface area contributed by atoms with Gasteiger partial charge in [-0.05, 0) is 31.2 Å². The Morgan fingerprint density at radius 2 is 2.00 bits per heavy atom. The molecule has 1 rings (SSSR count). The molecule has 0 aliphatic carbocycles. The number of ether oxygens (including phenoxy) is 2. The van der Waals surface area contributed by atoms with E-state index in [0.717, 1.165) is 5.69 Å². The fourth-order valence-electron chi connectivity index (χ4n) is 1.06. The number of nitrogens with one attached hydrogen (secondary N) is 2. The Labute approximate surface area is 99.5 Å². The van der Waals surface area contributed by atoms with Gasteiger partial charge < -0.3 is 19.9 Å². The van der Waals surface area contributed by atoms with Crippen LogP contribution in [0.2, 0.25) is 0 Å². The van der Waals surface area contributed by atoms with Crippen molar-refractivity contribution >= 4 is 11.8 Å². The minimum Gasteiger partial charge on any atom is -0.508 e. The highest BCUT2D eigenvalue weighted by atomic mass is 16.6. The zero-order chi connectivity index (χ0) is 12.5. The van der Waals surface area contributed by atoms with E-state index in [9.17, 15) is 4.79 Å². The summed E-state index contributed by atoms with van der Waals surface area (Å²) in [6.07, 6.45) is -0.503. The molecule has 0 saturated heterocycles. The summed E-state index contributed by atoms with van der Waals surface area (Å²) in [6, 6.07) is 6.58. The van der Waals surface area contributed by atoms with Gasteiger partial charge in [0.2, 0.25) is 0 Å². The third-order valence-corrected chi connectivity index (χ3v) is 1.84. The van der Waals surface area contributed by atoms with Crippen molar-refractivity contribution < 1.29 is 19.4 Å². The van der Waals surface area contributed by atoms with E-state index in [4.69, 9.17) is 9.84 Å². The van der Waals surface area contributed by atoms with Crippen molar-refractivity contribution in [3.8, 4) is 5.75 Å². The number of hydrogen-bond acceptors (Lipinski definition) is 5. The Morgan fingerprint density at radius 1 is 1.29 bits per heavy atom. The lowest BCUT2D eigenvalue weighted by Gasteiger charge is -2.08. The average Bonchev–Trinajstić information content (AvgIpc) is 2.31. The number of carbonyl (C=O) groups is 1. The maximum absolute atomic E-state index is 10.9. The molecule has 1 aromatic carbocycles. The van der Waals surface area contributed by atoms with Gasteiger partial charge in [-0.25, -0.2) is 4.79 Å². The molecule has 0 saturated carbocycles. The van der Waals surface area contributed by atoms with E-state index in [1.54, 1.807) is 31.2 Å². The minimum atomic E-state index is -0.503. The molecule has 6 nitrogen and oxygen atoms in total. The van der Waals surface area contributed by atoms with Crippen molar-refractivity contribution in [1.82, 2.24) is 5.32 Å². The van der Waals surface area contributed by atoms with Crippen molar-refractivity contribution in [2.24, 2.45) is 0 Å². The van der Waals surface area contributed by atoms with E-state index in [1.807, 2.05) is 0 Å². The lowest BCUT2D eigenvalue weighted by atomic mass is 10.3. The first kappa shape index (κ1) is 13.1. The van der Waals surface area contributed by atoms with Gasteiger partial charge in [-0.15, -0.1) is 0 Å². The Bertz CT molecular complexity index is 340. The van der Waals surface area contributed by atoms with E-state index in [1.165, 1.54) is 0 Å². The molecule has 0 atom stereocenters. The third kappa shape index (κ3) is 5.62. The van der Waals surface area contributed by atoms with Gasteiger partial charge in [0, 0.05) is 5.69 Å². The van der Waals surface area contributed by atoms with Crippen molar-refractivity contribution in [2.45, 2.75) is 6.92 Å². The molecule has 0 aliphatic rings. The lowest BCUT2D eigenvalue weighted by Crippen LogP contribution is -2.27. The third-order valence-electron chi connectivity index (χ3n) is 1.84. The number of rotatable bonds is 6. The van der Waals surface area contributed by atoms with Gasteiger partial charge in [0.15, 0.2) is 0 Å². The molecule has 0 radical (unpaired) electrons. The number of hydrogen-bond donors (Lipinski definition) is 3. The van der Waals surface area contributed by atoms with Crippen LogP contribution in [0.5, 0.6) is 5.75 Å².